The van der Waals surface area contributed by atoms with E-state index in [-0.39, 0.29) is 5.56 Å². The first-order chi connectivity index (χ1) is 14.2. The van der Waals surface area contributed by atoms with Gasteiger partial charge in [-0.2, -0.15) is 0 Å². The molecule has 0 unspecified atom stereocenters. The van der Waals surface area contributed by atoms with Crippen molar-refractivity contribution in [3.05, 3.63) is 58.5 Å². The molecule has 0 aliphatic heterocycles. The summed E-state index contributed by atoms with van der Waals surface area (Å²) in [5.74, 6) is 1.74. The minimum atomic E-state index is -0.0108. The van der Waals surface area contributed by atoms with Crippen molar-refractivity contribution >= 4 is 43.5 Å². The molecule has 0 aliphatic carbocycles. The van der Waals surface area contributed by atoms with Crippen LogP contribution in [0.2, 0.25) is 0 Å². The number of para-hydroxylation sites is 1. The molecule has 4 aromatic rings. The molecule has 150 valence electrons. The van der Waals surface area contributed by atoms with Crippen LogP contribution >= 0.6 is 23.1 Å². The number of rotatable bonds is 8. The van der Waals surface area contributed by atoms with Gasteiger partial charge in [-0.15, -0.1) is 11.3 Å². The maximum absolute atomic E-state index is 13.5. The molecule has 29 heavy (non-hydrogen) atoms. The summed E-state index contributed by atoms with van der Waals surface area (Å²) in [7, 11) is 0. The van der Waals surface area contributed by atoms with Gasteiger partial charge in [-0.25, -0.2) is 9.97 Å². The molecule has 4 rings (SSSR count). The monoisotopic (exact) mass is 425 g/mol. The molecule has 0 radical (unpaired) electrons. The number of aromatic nitrogens is 3. The normalized spacial score (nSPS) is 11.4. The number of thiophene rings is 1. The lowest BCUT2D eigenvalue weighted by Gasteiger charge is -2.14. The van der Waals surface area contributed by atoms with Crippen LogP contribution in [0.15, 0.2) is 52.5 Å². The van der Waals surface area contributed by atoms with Crippen molar-refractivity contribution in [3.63, 3.8) is 0 Å². The van der Waals surface area contributed by atoms with E-state index in [1.807, 2.05) is 43.3 Å². The van der Waals surface area contributed by atoms with Crippen LogP contribution in [0.5, 0.6) is 5.75 Å². The lowest BCUT2D eigenvalue weighted by Crippen LogP contribution is -2.23. The molecule has 7 heteroatoms. The van der Waals surface area contributed by atoms with Crippen molar-refractivity contribution in [2.45, 2.75) is 38.4 Å². The number of benzene rings is 1. The zero-order valence-corrected chi connectivity index (χ0v) is 18.2. The third-order valence-electron chi connectivity index (χ3n) is 4.65. The van der Waals surface area contributed by atoms with Gasteiger partial charge in [-0.05, 0) is 31.5 Å². The summed E-state index contributed by atoms with van der Waals surface area (Å²) in [4.78, 5) is 23.7. The Bertz CT molecular complexity index is 1200. The Morgan fingerprint density at radius 1 is 1.17 bits per heavy atom. The Labute approximate surface area is 177 Å². The van der Waals surface area contributed by atoms with Gasteiger partial charge in [-0.1, -0.05) is 43.3 Å². The third kappa shape index (κ3) is 4.02. The second kappa shape index (κ2) is 8.97. The van der Waals surface area contributed by atoms with Crippen LogP contribution < -0.4 is 10.3 Å². The summed E-state index contributed by atoms with van der Waals surface area (Å²) in [6, 6.07) is 11.8. The highest BCUT2D eigenvalue weighted by atomic mass is 32.2. The highest BCUT2D eigenvalue weighted by Crippen LogP contribution is 2.31. The second-order valence-corrected chi connectivity index (χ2v) is 8.73. The summed E-state index contributed by atoms with van der Waals surface area (Å²) >= 11 is 3.06. The summed E-state index contributed by atoms with van der Waals surface area (Å²) in [5, 5.41) is 1.70. The van der Waals surface area contributed by atoms with Crippen LogP contribution in [0.25, 0.3) is 20.4 Å². The van der Waals surface area contributed by atoms with Crippen LogP contribution in [0.1, 0.15) is 32.3 Å². The number of nitrogens with zero attached hydrogens (tertiary/aromatic N) is 3. The Morgan fingerprint density at radius 2 is 2.03 bits per heavy atom. The fourth-order valence-electron chi connectivity index (χ4n) is 3.20. The average molecular weight is 426 g/mol. The topological polar surface area (TPSA) is 57.0 Å². The van der Waals surface area contributed by atoms with E-state index < -0.39 is 0 Å². The number of fused-ring (bicyclic) bond motifs is 3. The SMILES string of the molecule is CCCCSc1nc2c(sc3ncccc32)c(=O)n1Cc1ccccc1OCC. The molecule has 0 spiro atoms. The number of ether oxygens (including phenoxy) is 1. The Kier molecular flexibility index (Phi) is 6.16. The van der Waals surface area contributed by atoms with Crippen molar-refractivity contribution in [1.29, 1.82) is 0 Å². The lowest BCUT2D eigenvalue weighted by molar-refractivity contribution is 0.335. The molecule has 1 aromatic carbocycles. The van der Waals surface area contributed by atoms with Gasteiger partial charge >= 0.3 is 0 Å². The number of hydrogen-bond acceptors (Lipinski definition) is 6. The molecule has 3 heterocycles. The molecule has 0 saturated heterocycles. The number of thioether (sulfide) groups is 1. The van der Waals surface area contributed by atoms with Crippen molar-refractivity contribution in [2.75, 3.05) is 12.4 Å². The van der Waals surface area contributed by atoms with Gasteiger partial charge < -0.3 is 4.74 Å². The molecule has 0 aliphatic rings. The zero-order valence-electron chi connectivity index (χ0n) is 16.6. The van der Waals surface area contributed by atoms with Gasteiger partial charge in [-0.3, -0.25) is 9.36 Å². The van der Waals surface area contributed by atoms with Crippen LogP contribution in [-0.2, 0) is 6.54 Å². The summed E-state index contributed by atoms with van der Waals surface area (Å²) < 4.78 is 8.22. The van der Waals surface area contributed by atoms with E-state index >= 15 is 0 Å². The van der Waals surface area contributed by atoms with Crippen molar-refractivity contribution in [1.82, 2.24) is 14.5 Å². The van der Waals surface area contributed by atoms with Gasteiger partial charge in [0.25, 0.3) is 5.56 Å². The number of pyridine rings is 1. The minimum Gasteiger partial charge on any atom is -0.494 e. The molecule has 5 nitrogen and oxygen atoms in total. The molecule has 0 fully saturated rings. The van der Waals surface area contributed by atoms with Crippen LogP contribution in [-0.4, -0.2) is 26.9 Å². The lowest BCUT2D eigenvalue weighted by atomic mass is 10.2. The van der Waals surface area contributed by atoms with Crippen molar-refractivity contribution < 1.29 is 4.74 Å². The first-order valence-electron chi connectivity index (χ1n) is 9.84. The van der Waals surface area contributed by atoms with E-state index in [0.29, 0.717) is 17.9 Å². The Morgan fingerprint density at radius 3 is 2.86 bits per heavy atom. The van der Waals surface area contributed by atoms with E-state index in [4.69, 9.17) is 9.72 Å². The van der Waals surface area contributed by atoms with E-state index in [2.05, 4.69) is 11.9 Å². The Hall–Kier alpha value is -2.38. The summed E-state index contributed by atoms with van der Waals surface area (Å²) in [6.07, 6.45) is 3.95. The fraction of sp³-hybridized carbons (Fsp3) is 0.318. The van der Waals surface area contributed by atoms with Gasteiger partial charge in [0, 0.05) is 22.9 Å². The number of unbranched alkanes of at least 4 members (excludes halogenated alkanes) is 1. The molecule has 0 N–H and O–H groups in total. The molecule has 3 aromatic heterocycles. The zero-order chi connectivity index (χ0) is 20.2. The first-order valence-corrected chi connectivity index (χ1v) is 11.6. The standard InChI is InChI=1S/C22H23N3O2S2/c1-3-5-13-28-22-24-18-16-10-8-12-23-20(16)29-19(18)21(26)25(22)14-15-9-6-7-11-17(15)27-4-2/h6-12H,3-5,13-14H2,1-2H3. The number of hydrogen-bond donors (Lipinski definition) is 0. The summed E-state index contributed by atoms with van der Waals surface area (Å²) in [5.41, 5.74) is 1.73. The predicted molar refractivity (Wildman–Crippen MR) is 122 cm³/mol. The molecule has 0 atom stereocenters. The van der Waals surface area contributed by atoms with Crippen molar-refractivity contribution in [2.24, 2.45) is 0 Å². The maximum atomic E-state index is 13.5. The molecule has 0 amide bonds. The third-order valence-corrected chi connectivity index (χ3v) is 6.80. The minimum absolute atomic E-state index is 0.0108. The quantitative estimate of drug-likeness (QED) is 0.216. The molecule has 0 saturated carbocycles. The smallest absolute Gasteiger partial charge is 0.272 e. The van der Waals surface area contributed by atoms with Crippen LogP contribution in [0, 0.1) is 0 Å². The van der Waals surface area contributed by atoms with E-state index in [9.17, 15) is 4.79 Å². The first kappa shape index (κ1) is 19.9. The Balaban J connectivity index is 1.86. The highest BCUT2D eigenvalue weighted by Gasteiger charge is 2.18. The largest absolute Gasteiger partial charge is 0.494 e. The van der Waals surface area contributed by atoms with Crippen molar-refractivity contribution in [3.8, 4) is 5.75 Å². The van der Waals surface area contributed by atoms with Crippen LogP contribution in [0.3, 0.4) is 0 Å². The molecular weight excluding hydrogens is 402 g/mol. The molecular formula is C22H23N3O2S2. The molecule has 0 bridgehead atoms. The van der Waals surface area contributed by atoms with Gasteiger partial charge in [0.2, 0.25) is 0 Å². The highest BCUT2D eigenvalue weighted by molar-refractivity contribution is 7.99. The van der Waals surface area contributed by atoms with Gasteiger partial charge in [0.05, 0.1) is 18.7 Å². The maximum Gasteiger partial charge on any atom is 0.272 e. The van der Waals surface area contributed by atoms with Gasteiger partial charge in [0.1, 0.15) is 15.3 Å². The van der Waals surface area contributed by atoms with E-state index in [1.165, 1.54) is 11.3 Å². The summed E-state index contributed by atoms with van der Waals surface area (Å²) in [6.45, 7) is 5.16. The van der Waals surface area contributed by atoms with Crippen LogP contribution in [0.4, 0.5) is 0 Å². The second-order valence-electron chi connectivity index (χ2n) is 6.66. The van der Waals surface area contributed by atoms with E-state index in [0.717, 1.165) is 50.8 Å². The predicted octanol–water partition coefficient (Wildman–Crippen LogP) is 5.35. The average Bonchev–Trinajstić information content (AvgIpc) is 3.11. The fourth-order valence-corrected chi connectivity index (χ4v) is 5.31. The van der Waals surface area contributed by atoms with E-state index in [1.54, 1.807) is 22.5 Å². The van der Waals surface area contributed by atoms with Gasteiger partial charge in [0.15, 0.2) is 5.16 Å².